The van der Waals surface area contributed by atoms with Crippen LogP contribution in [0.4, 0.5) is 5.69 Å². The van der Waals surface area contributed by atoms with Gasteiger partial charge in [-0.15, -0.1) is 0 Å². The summed E-state index contributed by atoms with van der Waals surface area (Å²) >= 11 is 0. The third kappa shape index (κ3) is 3.06. The molecule has 1 amide bonds. The van der Waals surface area contributed by atoms with E-state index in [0.29, 0.717) is 5.69 Å². The molecule has 90 valence electrons. The van der Waals surface area contributed by atoms with Crippen molar-refractivity contribution in [2.24, 2.45) is 0 Å². The van der Waals surface area contributed by atoms with E-state index in [0.717, 1.165) is 0 Å². The summed E-state index contributed by atoms with van der Waals surface area (Å²) in [5, 5.41) is 19.6. The van der Waals surface area contributed by atoms with Crippen molar-refractivity contribution in [3.8, 4) is 12.1 Å². The summed E-state index contributed by atoms with van der Waals surface area (Å²) in [6.07, 6.45) is -0.284. The van der Waals surface area contributed by atoms with Crippen molar-refractivity contribution in [3.63, 3.8) is 0 Å². The van der Waals surface area contributed by atoms with E-state index in [1.807, 2.05) is 6.07 Å². The van der Waals surface area contributed by atoms with Crippen LogP contribution in [-0.4, -0.2) is 19.0 Å². The molecule has 0 aromatic heterocycles. The fraction of sp³-hybridized carbons (Fsp3) is 0.167. The van der Waals surface area contributed by atoms with E-state index < -0.39 is 11.9 Å². The number of hydrogen-bond donors (Lipinski definition) is 1. The molecular formula is C12H9N3O3. The second-order valence-corrected chi connectivity index (χ2v) is 3.25. The minimum absolute atomic E-state index is 0.0646. The predicted molar refractivity (Wildman–Crippen MR) is 61.4 cm³/mol. The van der Waals surface area contributed by atoms with Gasteiger partial charge in [0.15, 0.2) is 0 Å². The van der Waals surface area contributed by atoms with Crippen molar-refractivity contribution in [3.05, 3.63) is 29.3 Å². The molecule has 0 saturated carbocycles. The average molecular weight is 243 g/mol. The molecule has 1 aromatic rings. The first-order valence-electron chi connectivity index (χ1n) is 4.91. The van der Waals surface area contributed by atoms with E-state index in [4.69, 9.17) is 10.5 Å². The second-order valence-electron chi connectivity index (χ2n) is 3.25. The van der Waals surface area contributed by atoms with Crippen molar-refractivity contribution in [2.45, 2.75) is 6.42 Å². The van der Waals surface area contributed by atoms with Crippen LogP contribution in [0.3, 0.4) is 0 Å². The number of amides is 1. The number of hydrogen-bond acceptors (Lipinski definition) is 5. The van der Waals surface area contributed by atoms with Crippen molar-refractivity contribution < 1.29 is 14.3 Å². The Morgan fingerprint density at radius 3 is 2.67 bits per heavy atom. The van der Waals surface area contributed by atoms with E-state index in [9.17, 15) is 9.59 Å². The average Bonchev–Trinajstić information content (AvgIpc) is 2.38. The van der Waals surface area contributed by atoms with Crippen LogP contribution in [0, 0.1) is 22.7 Å². The van der Waals surface area contributed by atoms with Gasteiger partial charge < -0.3 is 10.1 Å². The standard InChI is InChI=1S/C12H9N3O3/c1-18-12(17)10-6-9(3-2-8(10)7-14)15-11(16)4-5-13/h2-3,6H,4H2,1H3,(H,15,16). The zero-order valence-electron chi connectivity index (χ0n) is 9.56. The Bertz CT molecular complexity index is 567. The summed E-state index contributed by atoms with van der Waals surface area (Å²) in [5.74, 6) is -1.15. The maximum absolute atomic E-state index is 11.4. The third-order valence-corrected chi connectivity index (χ3v) is 2.07. The van der Waals surface area contributed by atoms with Gasteiger partial charge in [-0.1, -0.05) is 0 Å². The molecule has 0 heterocycles. The van der Waals surface area contributed by atoms with Gasteiger partial charge in [-0.25, -0.2) is 4.79 Å². The lowest BCUT2D eigenvalue weighted by Crippen LogP contribution is -2.12. The number of methoxy groups -OCH3 is 1. The smallest absolute Gasteiger partial charge is 0.339 e. The minimum atomic E-state index is -0.664. The lowest BCUT2D eigenvalue weighted by molar-refractivity contribution is -0.115. The summed E-state index contributed by atoms with van der Waals surface area (Å²) < 4.78 is 4.53. The molecule has 1 N–H and O–H groups in total. The summed E-state index contributed by atoms with van der Waals surface area (Å²) in [4.78, 5) is 22.6. The van der Waals surface area contributed by atoms with Crippen LogP contribution in [-0.2, 0) is 9.53 Å². The van der Waals surface area contributed by atoms with Gasteiger partial charge in [0.25, 0.3) is 0 Å². The van der Waals surface area contributed by atoms with Crippen molar-refractivity contribution >= 4 is 17.6 Å². The Balaban J connectivity index is 3.05. The van der Waals surface area contributed by atoms with Gasteiger partial charge in [-0.3, -0.25) is 4.79 Å². The first-order valence-corrected chi connectivity index (χ1v) is 4.91. The Kier molecular flexibility index (Phi) is 4.42. The number of rotatable bonds is 3. The maximum Gasteiger partial charge on any atom is 0.339 e. The molecule has 1 aromatic carbocycles. The highest BCUT2D eigenvalue weighted by atomic mass is 16.5. The third-order valence-electron chi connectivity index (χ3n) is 2.07. The SMILES string of the molecule is COC(=O)c1cc(NC(=O)CC#N)ccc1C#N. The molecule has 0 bridgehead atoms. The van der Waals surface area contributed by atoms with Crippen LogP contribution in [0.25, 0.3) is 0 Å². The highest BCUT2D eigenvalue weighted by Crippen LogP contribution is 2.16. The van der Waals surface area contributed by atoms with E-state index in [2.05, 4.69) is 10.1 Å². The lowest BCUT2D eigenvalue weighted by Gasteiger charge is -2.06. The van der Waals surface area contributed by atoms with Gasteiger partial charge in [0.1, 0.15) is 12.5 Å². The highest BCUT2D eigenvalue weighted by molar-refractivity contribution is 5.96. The van der Waals surface area contributed by atoms with Gasteiger partial charge >= 0.3 is 5.97 Å². The van der Waals surface area contributed by atoms with Gasteiger partial charge in [-0.05, 0) is 18.2 Å². The van der Waals surface area contributed by atoms with Crippen molar-refractivity contribution in [1.82, 2.24) is 0 Å². The Morgan fingerprint density at radius 1 is 1.39 bits per heavy atom. The molecule has 0 radical (unpaired) electrons. The molecule has 6 nitrogen and oxygen atoms in total. The molecule has 6 heteroatoms. The number of carbonyl (C=O) groups excluding carboxylic acids is 2. The predicted octanol–water partition coefficient (Wildman–Crippen LogP) is 1.20. The Morgan fingerprint density at radius 2 is 2.11 bits per heavy atom. The van der Waals surface area contributed by atoms with Crippen LogP contribution in [0.1, 0.15) is 22.3 Å². The zero-order chi connectivity index (χ0) is 13.5. The second kappa shape index (κ2) is 6.02. The first kappa shape index (κ1) is 13.2. The normalized spacial score (nSPS) is 8.83. The molecule has 0 spiro atoms. The number of anilines is 1. The van der Waals surface area contributed by atoms with E-state index in [1.165, 1.54) is 25.3 Å². The number of nitrogens with one attached hydrogen (secondary N) is 1. The van der Waals surface area contributed by atoms with Crippen LogP contribution in [0.2, 0.25) is 0 Å². The number of esters is 1. The summed E-state index contributed by atoms with van der Waals surface area (Å²) in [5.41, 5.74) is 0.546. The Labute approximate surface area is 103 Å². The molecule has 0 fully saturated rings. The van der Waals surface area contributed by atoms with Gasteiger partial charge in [0.2, 0.25) is 5.91 Å². The molecule has 0 aliphatic carbocycles. The molecule has 0 atom stereocenters. The molecular weight excluding hydrogens is 234 g/mol. The van der Waals surface area contributed by atoms with E-state index in [-0.39, 0.29) is 17.5 Å². The highest BCUT2D eigenvalue weighted by Gasteiger charge is 2.13. The molecule has 0 aliphatic heterocycles. The van der Waals surface area contributed by atoms with Crippen LogP contribution < -0.4 is 5.32 Å². The summed E-state index contributed by atoms with van der Waals surface area (Å²) in [7, 11) is 1.20. The maximum atomic E-state index is 11.4. The first-order chi connectivity index (χ1) is 8.62. The molecule has 1 rings (SSSR count). The molecule has 0 aliphatic rings. The number of nitrogens with zero attached hydrogens (tertiary/aromatic N) is 2. The topological polar surface area (TPSA) is 103 Å². The Hall–Kier alpha value is -2.86. The monoisotopic (exact) mass is 243 g/mol. The fourth-order valence-corrected chi connectivity index (χ4v) is 1.28. The van der Waals surface area contributed by atoms with E-state index in [1.54, 1.807) is 6.07 Å². The molecule has 0 saturated heterocycles. The minimum Gasteiger partial charge on any atom is -0.465 e. The quantitative estimate of drug-likeness (QED) is 0.803. The zero-order valence-corrected chi connectivity index (χ0v) is 9.56. The number of ether oxygens (including phenoxy) is 1. The van der Waals surface area contributed by atoms with Crippen molar-refractivity contribution in [1.29, 1.82) is 10.5 Å². The largest absolute Gasteiger partial charge is 0.465 e. The van der Waals surface area contributed by atoms with Crippen molar-refractivity contribution in [2.75, 3.05) is 12.4 Å². The van der Waals surface area contributed by atoms with Crippen LogP contribution >= 0.6 is 0 Å². The lowest BCUT2D eigenvalue weighted by atomic mass is 10.1. The number of nitriles is 2. The van der Waals surface area contributed by atoms with Gasteiger partial charge in [-0.2, -0.15) is 10.5 Å². The number of benzene rings is 1. The summed E-state index contributed by atoms with van der Waals surface area (Å²) in [6.45, 7) is 0. The molecule has 18 heavy (non-hydrogen) atoms. The van der Waals surface area contributed by atoms with Gasteiger partial charge in [0, 0.05) is 5.69 Å². The van der Waals surface area contributed by atoms with Gasteiger partial charge in [0.05, 0.1) is 24.3 Å². The van der Waals surface area contributed by atoms with Crippen LogP contribution in [0.15, 0.2) is 18.2 Å². The fourth-order valence-electron chi connectivity index (χ4n) is 1.28. The van der Waals surface area contributed by atoms with E-state index >= 15 is 0 Å². The number of carbonyl (C=O) groups is 2. The van der Waals surface area contributed by atoms with Crippen LogP contribution in [0.5, 0.6) is 0 Å². The molecule has 0 unspecified atom stereocenters. The summed E-state index contributed by atoms with van der Waals surface area (Å²) in [6, 6.07) is 7.76.